The summed E-state index contributed by atoms with van der Waals surface area (Å²) >= 11 is 1.25. The van der Waals surface area contributed by atoms with Crippen LogP contribution in [0, 0.1) is 0 Å². The van der Waals surface area contributed by atoms with Crippen LogP contribution in [0.25, 0.3) is 15.8 Å². The Kier molecular flexibility index (Phi) is 6.62. The Labute approximate surface area is 188 Å². The van der Waals surface area contributed by atoms with Crippen LogP contribution in [-0.2, 0) is 16.2 Å². The zero-order valence-electron chi connectivity index (χ0n) is 18.6. The molecule has 2 aromatic heterocycles. The minimum absolute atomic E-state index is 0.00416. The van der Waals surface area contributed by atoms with Crippen LogP contribution in [0.1, 0.15) is 36.7 Å². The van der Waals surface area contributed by atoms with Crippen molar-refractivity contribution in [2.24, 2.45) is 0 Å². The molecule has 0 aliphatic carbocycles. The van der Waals surface area contributed by atoms with Gasteiger partial charge in [-0.2, -0.15) is 5.10 Å². The fourth-order valence-electron chi connectivity index (χ4n) is 3.65. The number of fused-ring (bicyclic) bond motifs is 1. The molecule has 4 rings (SSSR count). The lowest BCUT2D eigenvalue weighted by molar-refractivity contribution is -0.0395. The molecule has 0 radical (unpaired) electrons. The normalized spacial score (nSPS) is 17.3. The predicted molar refractivity (Wildman–Crippen MR) is 129 cm³/mol. The number of hydrogen-bond donors (Lipinski definition) is 0. The topological polar surface area (TPSA) is 58.3 Å². The zero-order chi connectivity index (χ0) is 22.0. The van der Waals surface area contributed by atoms with Gasteiger partial charge in [0, 0.05) is 33.1 Å². The molecule has 1 aromatic carbocycles. The van der Waals surface area contributed by atoms with Crippen molar-refractivity contribution < 1.29 is 9.47 Å². The Morgan fingerprint density at radius 1 is 1.32 bits per heavy atom. The number of nitrogens with zero attached hydrogens (tertiary/aromatic N) is 3. The molecule has 1 atom stereocenters. The molecular formula is C23H31N3O3SSi. The molecule has 31 heavy (non-hydrogen) atoms. The van der Waals surface area contributed by atoms with Gasteiger partial charge in [-0.05, 0) is 49.1 Å². The van der Waals surface area contributed by atoms with Crippen molar-refractivity contribution in [3.05, 3.63) is 58.0 Å². The Hall–Kier alpha value is -2.00. The van der Waals surface area contributed by atoms with E-state index in [1.807, 2.05) is 35.1 Å². The molecule has 0 saturated carbocycles. The fraction of sp³-hybridized carbons (Fsp3) is 0.478. The van der Waals surface area contributed by atoms with E-state index in [9.17, 15) is 4.79 Å². The highest BCUT2D eigenvalue weighted by molar-refractivity contribution is 7.16. The third kappa shape index (κ3) is 5.26. The average molecular weight is 458 g/mol. The summed E-state index contributed by atoms with van der Waals surface area (Å²) in [6.45, 7) is 13.0. The number of aromatic nitrogens is 3. The van der Waals surface area contributed by atoms with Gasteiger partial charge in [0.15, 0.2) is 0 Å². The quantitative estimate of drug-likeness (QED) is 0.339. The maximum Gasteiger partial charge on any atom is 0.310 e. The van der Waals surface area contributed by atoms with Crippen molar-refractivity contribution in [1.29, 1.82) is 0 Å². The lowest BCUT2D eigenvalue weighted by Gasteiger charge is -2.22. The summed E-state index contributed by atoms with van der Waals surface area (Å²) in [7, 11) is -1.14. The van der Waals surface area contributed by atoms with E-state index in [2.05, 4.69) is 26.2 Å². The molecule has 0 amide bonds. The lowest BCUT2D eigenvalue weighted by Crippen LogP contribution is -2.23. The first-order valence-corrected chi connectivity index (χ1v) is 15.4. The minimum atomic E-state index is -1.14. The van der Waals surface area contributed by atoms with Crippen LogP contribution >= 0.6 is 11.3 Å². The van der Waals surface area contributed by atoms with E-state index in [0.29, 0.717) is 13.3 Å². The SMILES string of the molecule is C=C(c1ccc2c(c1)sc(=O)n2COCC[Si](C)(C)C)c1ccn(C2CCCCO2)n1. The minimum Gasteiger partial charge on any atom is -0.361 e. The monoisotopic (exact) mass is 457 g/mol. The van der Waals surface area contributed by atoms with Gasteiger partial charge in [-0.3, -0.25) is 9.36 Å². The molecule has 1 aliphatic rings. The first kappa shape index (κ1) is 22.2. The molecule has 1 aliphatic heterocycles. The van der Waals surface area contributed by atoms with Crippen molar-refractivity contribution in [2.75, 3.05) is 13.2 Å². The highest BCUT2D eigenvalue weighted by atomic mass is 32.1. The van der Waals surface area contributed by atoms with Crippen LogP contribution in [0.2, 0.25) is 25.7 Å². The number of rotatable bonds is 8. The smallest absolute Gasteiger partial charge is 0.310 e. The standard InChI is InChI=1S/C23H31N3O3SSi/c1-17(19-10-11-26(24-19)22-7-5-6-12-29-22)18-8-9-20-21(15-18)30-23(27)25(20)16-28-13-14-31(2,3)4/h8-11,15,22H,1,5-7,12-14,16H2,2-4H3. The van der Waals surface area contributed by atoms with Crippen molar-refractivity contribution in [2.45, 2.75) is 57.9 Å². The maximum absolute atomic E-state index is 12.5. The van der Waals surface area contributed by atoms with Gasteiger partial charge in [0.25, 0.3) is 0 Å². The van der Waals surface area contributed by atoms with E-state index >= 15 is 0 Å². The molecule has 3 heterocycles. The van der Waals surface area contributed by atoms with E-state index in [4.69, 9.17) is 14.6 Å². The van der Waals surface area contributed by atoms with Crippen LogP contribution in [0.15, 0.2) is 41.8 Å². The maximum atomic E-state index is 12.5. The third-order valence-electron chi connectivity index (χ3n) is 5.60. The van der Waals surface area contributed by atoms with Crippen molar-refractivity contribution in [3.8, 4) is 0 Å². The molecule has 6 nitrogen and oxygen atoms in total. The summed E-state index contributed by atoms with van der Waals surface area (Å²) in [6.07, 6.45) is 5.24. The van der Waals surface area contributed by atoms with Gasteiger partial charge in [0.05, 0.1) is 15.9 Å². The van der Waals surface area contributed by atoms with Crippen molar-refractivity contribution >= 4 is 35.2 Å². The van der Waals surface area contributed by atoms with E-state index in [0.717, 1.165) is 59.0 Å². The molecule has 8 heteroatoms. The molecule has 0 bridgehead atoms. The van der Waals surface area contributed by atoms with Gasteiger partial charge in [-0.15, -0.1) is 0 Å². The summed E-state index contributed by atoms with van der Waals surface area (Å²) in [6, 6.07) is 9.08. The van der Waals surface area contributed by atoms with Crippen LogP contribution in [0.4, 0.5) is 0 Å². The van der Waals surface area contributed by atoms with E-state index in [1.54, 1.807) is 4.57 Å². The summed E-state index contributed by atoms with van der Waals surface area (Å²) in [5, 5.41) is 4.69. The molecule has 0 N–H and O–H groups in total. The molecule has 1 saturated heterocycles. The molecule has 0 spiro atoms. The van der Waals surface area contributed by atoms with Crippen LogP contribution < -0.4 is 4.87 Å². The predicted octanol–water partition coefficient (Wildman–Crippen LogP) is 5.33. The largest absolute Gasteiger partial charge is 0.361 e. The molecular weight excluding hydrogens is 426 g/mol. The second-order valence-corrected chi connectivity index (χ2v) is 15.9. The van der Waals surface area contributed by atoms with E-state index in [1.165, 1.54) is 11.3 Å². The van der Waals surface area contributed by atoms with Gasteiger partial charge in [0.1, 0.15) is 13.0 Å². The van der Waals surface area contributed by atoms with Crippen LogP contribution in [0.3, 0.4) is 0 Å². The van der Waals surface area contributed by atoms with E-state index < -0.39 is 8.07 Å². The summed E-state index contributed by atoms with van der Waals surface area (Å²) in [4.78, 5) is 12.5. The van der Waals surface area contributed by atoms with Crippen LogP contribution in [0.5, 0.6) is 0 Å². The summed E-state index contributed by atoms with van der Waals surface area (Å²) < 4.78 is 16.2. The molecule has 166 valence electrons. The van der Waals surface area contributed by atoms with Crippen molar-refractivity contribution in [3.63, 3.8) is 0 Å². The van der Waals surface area contributed by atoms with Gasteiger partial charge >= 0.3 is 4.87 Å². The second kappa shape index (κ2) is 9.24. The number of thiazole rings is 1. The fourth-order valence-corrected chi connectivity index (χ4v) is 5.32. The second-order valence-electron chi connectivity index (χ2n) is 9.31. The lowest BCUT2D eigenvalue weighted by atomic mass is 10.0. The number of benzene rings is 1. The molecule has 1 unspecified atom stereocenters. The van der Waals surface area contributed by atoms with Crippen molar-refractivity contribution in [1.82, 2.24) is 14.3 Å². The Morgan fingerprint density at radius 2 is 2.16 bits per heavy atom. The van der Waals surface area contributed by atoms with Gasteiger partial charge in [0.2, 0.25) is 0 Å². The Morgan fingerprint density at radius 3 is 2.90 bits per heavy atom. The average Bonchev–Trinajstić information content (AvgIpc) is 3.35. The first-order chi connectivity index (χ1) is 14.8. The highest BCUT2D eigenvalue weighted by Crippen LogP contribution is 2.28. The van der Waals surface area contributed by atoms with Gasteiger partial charge in [-0.1, -0.05) is 43.6 Å². The zero-order valence-corrected chi connectivity index (χ0v) is 20.4. The summed E-state index contributed by atoms with van der Waals surface area (Å²) in [5.74, 6) is 0. The molecule has 1 fully saturated rings. The molecule has 3 aromatic rings. The highest BCUT2D eigenvalue weighted by Gasteiger charge is 2.18. The summed E-state index contributed by atoms with van der Waals surface area (Å²) in [5.41, 5.74) is 3.54. The van der Waals surface area contributed by atoms with Crippen LogP contribution in [-0.4, -0.2) is 35.6 Å². The van der Waals surface area contributed by atoms with Gasteiger partial charge < -0.3 is 9.47 Å². The third-order valence-corrected chi connectivity index (χ3v) is 8.25. The number of ether oxygens (including phenoxy) is 2. The van der Waals surface area contributed by atoms with E-state index in [-0.39, 0.29) is 11.1 Å². The number of hydrogen-bond acceptors (Lipinski definition) is 5. The Balaban J connectivity index is 1.48. The van der Waals surface area contributed by atoms with Gasteiger partial charge in [-0.25, -0.2) is 4.68 Å². The Bertz CT molecular complexity index is 1120. The first-order valence-electron chi connectivity index (χ1n) is 10.9.